The van der Waals surface area contributed by atoms with E-state index in [0.29, 0.717) is 51.7 Å². The molecule has 0 atom stereocenters. The number of hydrogen-bond acceptors (Lipinski definition) is 5. The molecule has 0 saturated carbocycles. The van der Waals surface area contributed by atoms with Gasteiger partial charge in [-0.1, -0.05) is 48.0 Å². The average Bonchev–Trinajstić information content (AvgIpc) is 2.79. The molecule has 6 nitrogen and oxygen atoms in total. The van der Waals surface area contributed by atoms with Crippen LogP contribution in [0.15, 0.2) is 42.5 Å². The van der Waals surface area contributed by atoms with Gasteiger partial charge in [0.15, 0.2) is 0 Å². The van der Waals surface area contributed by atoms with Gasteiger partial charge in [-0.25, -0.2) is 4.79 Å². The van der Waals surface area contributed by atoms with Gasteiger partial charge in [0.05, 0.1) is 39.1 Å². The molecule has 0 unspecified atom stereocenters. The first kappa shape index (κ1) is 31.6. The van der Waals surface area contributed by atoms with Crippen molar-refractivity contribution in [3.05, 3.63) is 64.9 Å². The topological polar surface area (TPSA) is 77.8 Å². The number of carbonyl (C=O) groups is 1. The van der Waals surface area contributed by atoms with Crippen molar-refractivity contribution < 1.29 is 81.9 Å². The van der Waals surface area contributed by atoms with Crippen LogP contribution in [0.25, 0.3) is 16.9 Å². The minimum Gasteiger partial charge on any atom is -0.677 e. The maximum Gasteiger partial charge on any atom is 1.00 e. The fraction of sp³-hybridized carbons (Fsp3) is 0.480. The van der Waals surface area contributed by atoms with E-state index >= 15 is 0 Å². The minimum atomic E-state index is -0.314. The molecule has 172 valence electrons. The summed E-state index contributed by atoms with van der Waals surface area (Å²) in [6, 6.07) is 14.1. The Morgan fingerprint density at radius 2 is 1.48 bits per heavy atom. The fourth-order valence-corrected chi connectivity index (χ4v) is 3.29. The molecule has 2 rings (SSSR count). The van der Waals surface area contributed by atoms with Crippen LogP contribution in [-0.4, -0.2) is 59.3 Å². The molecule has 0 saturated heterocycles. The summed E-state index contributed by atoms with van der Waals surface area (Å²) in [6.45, 7) is 5.78. The number of nitrogens with one attached hydrogen (secondary N) is 1. The summed E-state index contributed by atoms with van der Waals surface area (Å²) in [5, 5.41) is 0. The summed E-state index contributed by atoms with van der Waals surface area (Å²) in [6.07, 6.45) is 2.29. The Morgan fingerprint density at radius 3 is 2.09 bits per heavy atom. The molecule has 0 amide bonds. The van der Waals surface area contributed by atoms with Crippen molar-refractivity contribution in [1.82, 2.24) is 0 Å². The third-order valence-corrected chi connectivity index (χ3v) is 4.81. The van der Waals surface area contributed by atoms with E-state index < -0.39 is 0 Å². The molecule has 2 aromatic rings. The summed E-state index contributed by atoms with van der Waals surface area (Å²) in [5.41, 5.74) is 11.7. The van der Waals surface area contributed by atoms with Crippen LogP contribution in [-0.2, 0) is 25.4 Å². The van der Waals surface area contributed by atoms with E-state index in [4.69, 9.17) is 24.7 Å². The maximum absolute atomic E-state index is 12.5. The van der Waals surface area contributed by atoms with Gasteiger partial charge < -0.3 is 24.7 Å². The second-order valence-corrected chi connectivity index (χ2v) is 7.24. The van der Waals surface area contributed by atoms with Crippen LogP contribution in [0.4, 0.5) is 0 Å². The molecule has 0 aliphatic carbocycles. The Morgan fingerprint density at radius 1 is 0.879 bits per heavy atom. The zero-order valence-electron chi connectivity index (χ0n) is 20.4. The van der Waals surface area contributed by atoms with Gasteiger partial charge in [-0.15, -0.1) is 6.54 Å². The predicted molar refractivity (Wildman–Crippen MR) is 123 cm³/mol. The van der Waals surface area contributed by atoms with E-state index in [9.17, 15) is 4.79 Å². The molecule has 2 aromatic carbocycles. The fourth-order valence-electron chi connectivity index (χ4n) is 3.29. The van der Waals surface area contributed by atoms with Crippen LogP contribution in [0.1, 0.15) is 34.3 Å². The number of methoxy groups -OCH3 is 1. The Hall–Kier alpha value is -1.44. The first-order valence-electron chi connectivity index (χ1n) is 10.8. The number of hydrogen-bond donors (Lipinski definition) is 0. The largest absolute Gasteiger partial charge is 1.00 e. The molecule has 0 bridgehead atoms. The van der Waals surface area contributed by atoms with Gasteiger partial charge >= 0.3 is 64.2 Å². The number of aryl methyl sites for hydroxylation is 2. The minimum absolute atomic E-state index is 0. The standard InChI is InChI=1S/C25H34NO5.Rb.Rf/c1-20-7-3-9-22(19-20)23-11-4-8-21(24(23)25(27)28-2)10-5-13-29-15-17-31-18-16-30-14-6-12-26;;/h3-4,7-9,11,19,26H,5-6,10,12-18H2,1-2H3;;/q-1;+1;. The van der Waals surface area contributed by atoms with Crippen molar-refractivity contribution in [2.45, 2.75) is 26.2 Å². The third-order valence-electron chi connectivity index (χ3n) is 4.81. The van der Waals surface area contributed by atoms with Crippen LogP contribution >= 0.6 is 0 Å². The number of esters is 1. The molecular weight excluding hydrogens is 747 g/mol. The third kappa shape index (κ3) is 11.5. The molecule has 0 aliphatic rings. The van der Waals surface area contributed by atoms with Crippen LogP contribution < -0.4 is 58.2 Å². The van der Waals surface area contributed by atoms with Crippen molar-refractivity contribution in [1.29, 1.82) is 0 Å². The van der Waals surface area contributed by atoms with Gasteiger partial charge in [0.25, 0.3) is 0 Å². The quantitative estimate of drug-likeness (QED) is 0.204. The van der Waals surface area contributed by atoms with Crippen molar-refractivity contribution in [2.75, 3.05) is 53.3 Å². The van der Waals surface area contributed by atoms with Gasteiger partial charge in [0.1, 0.15) is 0 Å². The van der Waals surface area contributed by atoms with Crippen LogP contribution in [0.2, 0.25) is 0 Å². The van der Waals surface area contributed by atoms with Crippen LogP contribution in [0.3, 0.4) is 0 Å². The number of ether oxygens (including phenoxy) is 4. The van der Waals surface area contributed by atoms with Gasteiger partial charge in [-0.05, 0) is 42.9 Å². The zero-order valence-corrected chi connectivity index (χ0v) is 31.7. The van der Waals surface area contributed by atoms with Crippen molar-refractivity contribution in [2.24, 2.45) is 0 Å². The van der Waals surface area contributed by atoms with E-state index in [0.717, 1.165) is 41.5 Å². The molecule has 8 heteroatoms. The van der Waals surface area contributed by atoms with Crippen LogP contribution in [0, 0.1) is 6.92 Å². The summed E-state index contributed by atoms with van der Waals surface area (Å²) in [7, 11) is 1.42. The number of carbonyl (C=O) groups excluding carboxylic acids is 1. The smallest absolute Gasteiger partial charge is 0.677 e. The Kier molecular flexibility index (Phi) is 18.1. The molecular formula is C25H34NO5RbRf. The van der Waals surface area contributed by atoms with Crippen LogP contribution in [0.5, 0.6) is 0 Å². The Labute approximate surface area is 240 Å². The molecule has 0 aromatic heterocycles. The van der Waals surface area contributed by atoms with Crippen molar-refractivity contribution in [3.63, 3.8) is 0 Å². The summed E-state index contributed by atoms with van der Waals surface area (Å²) in [5.74, 6) is -0.314. The summed E-state index contributed by atoms with van der Waals surface area (Å²) >= 11 is 0. The average molecular weight is 781 g/mol. The maximum atomic E-state index is 12.5. The zero-order chi connectivity index (χ0) is 22.3. The molecule has 0 spiro atoms. The Bertz CT molecular complexity index is 806. The van der Waals surface area contributed by atoms with E-state index in [1.807, 2.05) is 43.3 Å². The molecule has 0 fully saturated rings. The second kappa shape index (κ2) is 18.9. The second-order valence-electron chi connectivity index (χ2n) is 7.24. The monoisotopic (exact) mass is 780 g/mol. The van der Waals surface area contributed by atoms with E-state index in [2.05, 4.69) is 6.07 Å². The molecule has 0 radical (unpaired) electrons. The molecule has 0 aliphatic heterocycles. The normalized spacial score (nSPS) is 10.3. The molecule has 33 heavy (non-hydrogen) atoms. The first-order chi connectivity index (χ1) is 15.2. The van der Waals surface area contributed by atoms with Crippen molar-refractivity contribution in [3.8, 4) is 11.1 Å². The predicted octanol–water partition coefficient (Wildman–Crippen LogP) is 1.88. The molecule has 0 heterocycles. The summed E-state index contributed by atoms with van der Waals surface area (Å²) < 4.78 is 21.5. The van der Waals surface area contributed by atoms with Gasteiger partial charge in [0, 0.05) is 13.2 Å². The van der Waals surface area contributed by atoms with Gasteiger partial charge in [-0.3, -0.25) is 0 Å². The SMILES string of the molecule is COC(=O)c1c(CCCOCCOCCOCCC[NH-])cccc1-c1cccc(C)c1.[Rb+].[Rf]. The number of rotatable bonds is 15. The van der Waals surface area contributed by atoms with Gasteiger partial charge in [-0.2, -0.15) is 0 Å². The first-order valence-corrected chi connectivity index (χ1v) is 10.8. The van der Waals surface area contributed by atoms with E-state index in [1.165, 1.54) is 7.11 Å². The Balaban J connectivity index is 0.00000512. The van der Waals surface area contributed by atoms with E-state index in [1.54, 1.807) is 0 Å². The van der Waals surface area contributed by atoms with Crippen molar-refractivity contribution >= 4 is 5.97 Å². The summed E-state index contributed by atoms with van der Waals surface area (Å²) in [4.78, 5) is 12.5. The number of benzene rings is 2. The van der Waals surface area contributed by atoms with Gasteiger partial charge in [0.2, 0.25) is 0 Å². The molecule has 1 N–H and O–H groups in total. The van der Waals surface area contributed by atoms with E-state index in [-0.39, 0.29) is 64.2 Å².